The molecule has 2 rings (SSSR count). The first-order valence-electron chi connectivity index (χ1n) is 5.89. The van der Waals surface area contributed by atoms with E-state index in [0.717, 1.165) is 15.7 Å². The van der Waals surface area contributed by atoms with Crippen molar-refractivity contribution in [3.8, 4) is 5.75 Å². The predicted octanol–water partition coefficient (Wildman–Crippen LogP) is 4.22. The zero-order valence-corrected chi connectivity index (χ0v) is 12.7. The molecule has 20 heavy (non-hydrogen) atoms. The average Bonchev–Trinajstić information content (AvgIpc) is 2.41. The highest BCUT2D eigenvalue weighted by molar-refractivity contribution is 14.1. The molecule has 0 aromatic heterocycles. The van der Waals surface area contributed by atoms with Crippen molar-refractivity contribution in [2.24, 2.45) is 0 Å². The molecule has 2 aromatic carbocycles. The minimum absolute atomic E-state index is 0.0852. The van der Waals surface area contributed by atoms with Gasteiger partial charge in [-0.15, -0.1) is 0 Å². The molecule has 0 spiro atoms. The number of carbonyl (C=O) groups excluding carboxylic acids is 1. The second-order valence-corrected chi connectivity index (χ2v) is 5.46. The third-order valence-electron chi connectivity index (χ3n) is 2.68. The smallest absolute Gasteiger partial charge is 0.203 e. The van der Waals surface area contributed by atoms with Crippen molar-refractivity contribution in [2.75, 3.05) is 0 Å². The molecule has 0 bridgehead atoms. The lowest BCUT2D eigenvalue weighted by Crippen LogP contribution is -2.24. The molecule has 104 valence electrons. The molecular weight excluding hydrogens is 377 g/mol. The molecule has 0 aliphatic carbocycles. The summed E-state index contributed by atoms with van der Waals surface area (Å²) in [5.74, 6) is -1.87. The fourth-order valence-electron chi connectivity index (χ4n) is 1.68. The van der Waals surface area contributed by atoms with Gasteiger partial charge in [0, 0.05) is 9.13 Å². The maximum atomic E-state index is 13.1. The van der Waals surface area contributed by atoms with Gasteiger partial charge < -0.3 is 4.74 Å². The van der Waals surface area contributed by atoms with E-state index in [9.17, 15) is 13.6 Å². The van der Waals surface area contributed by atoms with Crippen molar-refractivity contribution >= 4 is 28.4 Å². The van der Waals surface area contributed by atoms with Gasteiger partial charge in [-0.1, -0.05) is 6.07 Å². The second-order valence-electron chi connectivity index (χ2n) is 4.21. The number of rotatable bonds is 4. The molecular formula is C15H11F2IO2. The summed E-state index contributed by atoms with van der Waals surface area (Å²) < 4.78 is 32.4. The summed E-state index contributed by atoms with van der Waals surface area (Å²) in [4.78, 5) is 12.1. The molecule has 5 heteroatoms. The quantitative estimate of drug-likeness (QED) is 0.579. The minimum atomic E-state index is -1.04. The molecule has 2 nitrogen and oxygen atoms in total. The summed E-state index contributed by atoms with van der Waals surface area (Å²) in [5.41, 5.74) is 0.0852. The summed E-state index contributed by atoms with van der Waals surface area (Å²) in [6.07, 6.45) is -0.780. The summed E-state index contributed by atoms with van der Waals surface area (Å²) in [7, 11) is 0. The van der Waals surface area contributed by atoms with E-state index in [0.29, 0.717) is 5.75 Å². The molecule has 0 saturated carbocycles. The van der Waals surface area contributed by atoms with Gasteiger partial charge in [-0.05, 0) is 65.9 Å². The van der Waals surface area contributed by atoms with Crippen LogP contribution in [0.25, 0.3) is 0 Å². The topological polar surface area (TPSA) is 26.3 Å². The maximum Gasteiger partial charge on any atom is 0.203 e. The standard InChI is InChI=1S/C15H11F2IO2/c1-9(20-12-4-2-3-11(18)8-12)15(19)10-5-6-13(16)14(17)7-10/h2-9H,1H3. The molecule has 0 aliphatic rings. The zero-order valence-electron chi connectivity index (χ0n) is 10.6. The van der Waals surface area contributed by atoms with Crippen LogP contribution in [0.15, 0.2) is 42.5 Å². The second kappa shape index (κ2) is 6.30. The lowest BCUT2D eigenvalue weighted by atomic mass is 10.1. The number of ketones is 1. The van der Waals surface area contributed by atoms with Crippen molar-refractivity contribution in [3.05, 3.63) is 63.2 Å². The SMILES string of the molecule is CC(Oc1cccc(I)c1)C(=O)c1ccc(F)c(F)c1. The van der Waals surface area contributed by atoms with Crippen LogP contribution in [0.1, 0.15) is 17.3 Å². The highest BCUT2D eigenvalue weighted by atomic mass is 127. The Balaban J connectivity index is 2.14. The van der Waals surface area contributed by atoms with E-state index in [1.54, 1.807) is 19.1 Å². The third-order valence-corrected chi connectivity index (χ3v) is 3.35. The van der Waals surface area contributed by atoms with Gasteiger partial charge in [0.05, 0.1) is 0 Å². The minimum Gasteiger partial charge on any atom is -0.483 e. The number of carbonyl (C=O) groups is 1. The first-order valence-corrected chi connectivity index (χ1v) is 6.97. The Morgan fingerprint density at radius 2 is 1.90 bits per heavy atom. The molecule has 0 aliphatic heterocycles. The largest absolute Gasteiger partial charge is 0.483 e. The van der Waals surface area contributed by atoms with Crippen LogP contribution in [-0.4, -0.2) is 11.9 Å². The van der Waals surface area contributed by atoms with Gasteiger partial charge in [0.25, 0.3) is 0 Å². The van der Waals surface area contributed by atoms with Gasteiger partial charge in [-0.2, -0.15) is 0 Å². The van der Waals surface area contributed by atoms with Crippen LogP contribution in [0, 0.1) is 15.2 Å². The summed E-state index contributed by atoms with van der Waals surface area (Å²) in [5, 5.41) is 0. The molecule has 1 atom stereocenters. The number of ether oxygens (including phenoxy) is 1. The molecule has 0 amide bonds. The first-order chi connectivity index (χ1) is 9.47. The maximum absolute atomic E-state index is 13.1. The number of hydrogen-bond donors (Lipinski definition) is 0. The highest BCUT2D eigenvalue weighted by Crippen LogP contribution is 2.18. The Kier molecular flexibility index (Phi) is 4.69. The van der Waals surface area contributed by atoms with Crippen molar-refractivity contribution in [1.29, 1.82) is 0 Å². The van der Waals surface area contributed by atoms with E-state index < -0.39 is 23.5 Å². The fraction of sp³-hybridized carbons (Fsp3) is 0.133. The van der Waals surface area contributed by atoms with Gasteiger partial charge in [0.2, 0.25) is 5.78 Å². The van der Waals surface area contributed by atoms with Gasteiger partial charge in [-0.25, -0.2) is 8.78 Å². The van der Waals surface area contributed by atoms with Crippen LogP contribution < -0.4 is 4.74 Å². The van der Waals surface area contributed by atoms with Crippen LogP contribution in [0.2, 0.25) is 0 Å². The summed E-state index contributed by atoms with van der Waals surface area (Å²) in [6.45, 7) is 1.57. The van der Waals surface area contributed by atoms with E-state index >= 15 is 0 Å². The highest BCUT2D eigenvalue weighted by Gasteiger charge is 2.18. The van der Waals surface area contributed by atoms with E-state index in [1.165, 1.54) is 6.07 Å². The predicted molar refractivity (Wildman–Crippen MR) is 79.9 cm³/mol. The third kappa shape index (κ3) is 3.53. The van der Waals surface area contributed by atoms with E-state index in [-0.39, 0.29) is 5.56 Å². The van der Waals surface area contributed by atoms with Crippen LogP contribution in [0.5, 0.6) is 5.75 Å². The zero-order chi connectivity index (χ0) is 14.7. The molecule has 0 heterocycles. The van der Waals surface area contributed by atoms with Gasteiger partial charge >= 0.3 is 0 Å². The number of halogens is 3. The van der Waals surface area contributed by atoms with Crippen molar-refractivity contribution in [1.82, 2.24) is 0 Å². The average molecular weight is 388 g/mol. The molecule has 0 fully saturated rings. The Morgan fingerprint density at radius 3 is 2.55 bits per heavy atom. The van der Waals surface area contributed by atoms with Crippen LogP contribution in [-0.2, 0) is 0 Å². The van der Waals surface area contributed by atoms with Crippen molar-refractivity contribution in [2.45, 2.75) is 13.0 Å². The Bertz CT molecular complexity index is 644. The normalized spacial score (nSPS) is 12.0. The fourth-order valence-corrected chi connectivity index (χ4v) is 2.20. The Morgan fingerprint density at radius 1 is 1.15 bits per heavy atom. The lowest BCUT2D eigenvalue weighted by molar-refractivity contribution is 0.0817. The number of benzene rings is 2. The molecule has 2 aromatic rings. The number of hydrogen-bond acceptors (Lipinski definition) is 2. The van der Waals surface area contributed by atoms with E-state index in [1.807, 2.05) is 12.1 Å². The Labute approximate surface area is 128 Å². The van der Waals surface area contributed by atoms with Gasteiger partial charge in [0.1, 0.15) is 5.75 Å². The lowest BCUT2D eigenvalue weighted by Gasteiger charge is -2.14. The molecule has 1 unspecified atom stereocenters. The van der Waals surface area contributed by atoms with Gasteiger partial charge in [0.15, 0.2) is 17.7 Å². The van der Waals surface area contributed by atoms with Gasteiger partial charge in [-0.3, -0.25) is 4.79 Å². The first kappa shape index (κ1) is 14.9. The monoisotopic (exact) mass is 388 g/mol. The van der Waals surface area contributed by atoms with Crippen LogP contribution in [0.3, 0.4) is 0 Å². The van der Waals surface area contributed by atoms with Crippen LogP contribution >= 0.6 is 22.6 Å². The Hall–Kier alpha value is -1.50. The molecule has 0 saturated heterocycles. The molecule has 0 N–H and O–H groups in total. The number of Topliss-reactive ketones (excluding diaryl/α,β-unsaturated/α-hetero) is 1. The molecule has 0 radical (unpaired) electrons. The summed E-state index contributed by atoms with van der Waals surface area (Å²) in [6, 6.07) is 10.3. The summed E-state index contributed by atoms with van der Waals surface area (Å²) >= 11 is 2.13. The van der Waals surface area contributed by atoms with Crippen molar-refractivity contribution < 1.29 is 18.3 Å². The van der Waals surface area contributed by atoms with E-state index in [4.69, 9.17) is 4.74 Å². The van der Waals surface area contributed by atoms with E-state index in [2.05, 4.69) is 22.6 Å². The van der Waals surface area contributed by atoms with Crippen molar-refractivity contribution in [3.63, 3.8) is 0 Å². The van der Waals surface area contributed by atoms with Crippen LogP contribution in [0.4, 0.5) is 8.78 Å².